The summed E-state index contributed by atoms with van der Waals surface area (Å²) in [5.74, 6) is -0.786. The van der Waals surface area contributed by atoms with Gasteiger partial charge in [0.05, 0.1) is 24.1 Å². The standard InChI is InChI=1S/C30H27FN6O4/c1-30(2,17-27(38)40-19-20-8-4-3-5-9-20)29(39)34-26-12-14-32-28(33-26)24-16-25(23-13-15-41-36-23)37(35-24)18-21-10-6-7-11-22(21)31/h3-16H,17-19H2,1-2H3,(H,32,33,34,39). The second-order valence-electron chi connectivity index (χ2n) is 9.98. The molecule has 0 spiro atoms. The molecular weight excluding hydrogens is 527 g/mol. The maximum Gasteiger partial charge on any atom is 0.307 e. The minimum Gasteiger partial charge on any atom is -0.461 e. The Balaban J connectivity index is 1.31. The lowest BCUT2D eigenvalue weighted by Gasteiger charge is -2.22. The van der Waals surface area contributed by atoms with Gasteiger partial charge in [0.15, 0.2) is 5.82 Å². The average molecular weight is 555 g/mol. The molecule has 0 aliphatic rings. The number of aromatic nitrogens is 5. The summed E-state index contributed by atoms with van der Waals surface area (Å²) < 4.78 is 26.3. The largest absolute Gasteiger partial charge is 0.461 e. The first kappa shape index (κ1) is 27.4. The zero-order valence-corrected chi connectivity index (χ0v) is 22.5. The van der Waals surface area contributed by atoms with Gasteiger partial charge in [-0.25, -0.2) is 14.4 Å². The summed E-state index contributed by atoms with van der Waals surface area (Å²) in [6.45, 7) is 3.58. The summed E-state index contributed by atoms with van der Waals surface area (Å²) >= 11 is 0. The molecule has 0 aliphatic carbocycles. The summed E-state index contributed by atoms with van der Waals surface area (Å²) in [5, 5.41) is 11.3. The molecule has 3 aromatic heterocycles. The van der Waals surface area contributed by atoms with Crippen LogP contribution in [0, 0.1) is 11.2 Å². The highest BCUT2D eigenvalue weighted by Crippen LogP contribution is 2.27. The predicted molar refractivity (Wildman–Crippen MR) is 148 cm³/mol. The molecule has 0 atom stereocenters. The van der Waals surface area contributed by atoms with Gasteiger partial charge in [0.2, 0.25) is 5.91 Å². The van der Waals surface area contributed by atoms with E-state index in [1.165, 1.54) is 18.5 Å². The van der Waals surface area contributed by atoms with Gasteiger partial charge in [0, 0.05) is 17.8 Å². The third-order valence-corrected chi connectivity index (χ3v) is 6.33. The van der Waals surface area contributed by atoms with Crippen molar-refractivity contribution in [3.05, 3.63) is 102 Å². The third-order valence-electron chi connectivity index (χ3n) is 6.33. The van der Waals surface area contributed by atoms with Crippen LogP contribution in [0.15, 0.2) is 89.8 Å². The molecule has 0 fully saturated rings. The van der Waals surface area contributed by atoms with Crippen LogP contribution in [0.5, 0.6) is 0 Å². The van der Waals surface area contributed by atoms with Crippen molar-refractivity contribution in [3.8, 4) is 22.9 Å². The van der Waals surface area contributed by atoms with Crippen molar-refractivity contribution in [2.24, 2.45) is 5.41 Å². The molecule has 1 amide bonds. The van der Waals surface area contributed by atoms with Crippen molar-refractivity contribution in [1.29, 1.82) is 0 Å². The smallest absolute Gasteiger partial charge is 0.307 e. The van der Waals surface area contributed by atoms with Gasteiger partial charge >= 0.3 is 5.97 Å². The number of esters is 1. The van der Waals surface area contributed by atoms with E-state index < -0.39 is 17.3 Å². The SMILES string of the molecule is CC(C)(CC(=O)OCc1ccccc1)C(=O)Nc1ccnc(-c2cc(-c3ccon3)n(Cc3ccccc3F)n2)n1. The van der Waals surface area contributed by atoms with Crippen molar-refractivity contribution < 1.29 is 23.2 Å². The minimum atomic E-state index is -1.07. The molecule has 3 heterocycles. The second kappa shape index (κ2) is 11.9. The van der Waals surface area contributed by atoms with E-state index in [2.05, 4.69) is 25.5 Å². The number of rotatable bonds is 10. The number of carbonyl (C=O) groups is 2. The summed E-state index contributed by atoms with van der Waals surface area (Å²) in [7, 11) is 0. The molecule has 0 aliphatic heterocycles. The van der Waals surface area contributed by atoms with Gasteiger partial charge in [0.25, 0.3) is 0 Å². The predicted octanol–water partition coefficient (Wildman–Crippen LogP) is 5.28. The quantitative estimate of drug-likeness (QED) is 0.231. The van der Waals surface area contributed by atoms with E-state index in [4.69, 9.17) is 9.26 Å². The topological polar surface area (TPSA) is 125 Å². The lowest BCUT2D eigenvalue weighted by atomic mass is 9.88. The lowest BCUT2D eigenvalue weighted by molar-refractivity contribution is -0.149. The summed E-state index contributed by atoms with van der Waals surface area (Å²) in [6, 6.07) is 20.7. The second-order valence-corrected chi connectivity index (χ2v) is 9.98. The number of halogens is 1. The molecule has 41 heavy (non-hydrogen) atoms. The van der Waals surface area contributed by atoms with E-state index in [9.17, 15) is 14.0 Å². The van der Waals surface area contributed by atoms with Gasteiger partial charge in [0.1, 0.15) is 35.9 Å². The number of hydrogen-bond donors (Lipinski definition) is 1. The average Bonchev–Trinajstić information content (AvgIpc) is 3.64. The Morgan fingerprint density at radius 3 is 2.56 bits per heavy atom. The summed E-state index contributed by atoms with van der Waals surface area (Å²) in [6.07, 6.45) is 2.80. The molecular formula is C30H27FN6O4. The van der Waals surface area contributed by atoms with E-state index in [1.54, 1.807) is 54.9 Å². The Morgan fingerprint density at radius 2 is 1.80 bits per heavy atom. The third kappa shape index (κ3) is 6.70. The van der Waals surface area contributed by atoms with Crippen molar-refractivity contribution in [3.63, 3.8) is 0 Å². The van der Waals surface area contributed by atoms with Crippen LogP contribution in [0.2, 0.25) is 0 Å². The van der Waals surface area contributed by atoms with Crippen LogP contribution in [0.1, 0.15) is 31.4 Å². The number of hydrogen-bond acceptors (Lipinski definition) is 8. The molecule has 0 radical (unpaired) electrons. The lowest BCUT2D eigenvalue weighted by Crippen LogP contribution is -2.33. The van der Waals surface area contributed by atoms with Gasteiger partial charge in [-0.15, -0.1) is 0 Å². The minimum absolute atomic E-state index is 0.120. The Labute approximate surface area is 235 Å². The summed E-state index contributed by atoms with van der Waals surface area (Å²) in [5.41, 5.74) is 1.70. The molecule has 0 unspecified atom stereocenters. The molecule has 11 heteroatoms. The highest BCUT2D eigenvalue weighted by Gasteiger charge is 2.32. The molecule has 0 bridgehead atoms. The van der Waals surface area contributed by atoms with Gasteiger partial charge in [-0.1, -0.05) is 67.5 Å². The molecule has 1 N–H and O–H groups in total. The fraction of sp³-hybridized carbons (Fsp3) is 0.200. The molecule has 208 valence electrons. The molecule has 0 saturated heterocycles. The van der Waals surface area contributed by atoms with Gasteiger partial charge in [-0.05, 0) is 23.8 Å². The summed E-state index contributed by atoms with van der Waals surface area (Å²) in [4.78, 5) is 34.3. The van der Waals surface area contributed by atoms with E-state index in [0.717, 1.165) is 5.56 Å². The highest BCUT2D eigenvalue weighted by atomic mass is 19.1. The molecule has 5 aromatic rings. The van der Waals surface area contributed by atoms with Gasteiger partial charge < -0.3 is 14.6 Å². The zero-order valence-electron chi connectivity index (χ0n) is 22.5. The molecule has 2 aromatic carbocycles. The molecule has 0 saturated carbocycles. The van der Waals surface area contributed by atoms with Gasteiger partial charge in [-0.2, -0.15) is 5.10 Å². The number of benzene rings is 2. The monoisotopic (exact) mass is 554 g/mol. The number of anilines is 1. The maximum absolute atomic E-state index is 14.4. The van der Waals surface area contributed by atoms with Crippen LogP contribution in [0.25, 0.3) is 22.9 Å². The first-order valence-electron chi connectivity index (χ1n) is 12.8. The van der Waals surface area contributed by atoms with Crippen LogP contribution >= 0.6 is 0 Å². The Hall–Kier alpha value is -5.19. The number of carbonyl (C=O) groups excluding carboxylic acids is 2. The van der Waals surface area contributed by atoms with Crippen LogP contribution in [0.4, 0.5) is 10.2 Å². The molecule has 5 rings (SSSR count). The van der Waals surface area contributed by atoms with E-state index in [0.29, 0.717) is 22.6 Å². The number of ether oxygens (including phenoxy) is 1. The Bertz CT molecular complexity index is 1650. The Kier molecular flexibility index (Phi) is 7.95. The fourth-order valence-corrected chi connectivity index (χ4v) is 4.05. The first-order valence-corrected chi connectivity index (χ1v) is 12.8. The van der Waals surface area contributed by atoms with Crippen LogP contribution in [-0.4, -0.2) is 36.8 Å². The van der Waals surface area contributed by atoms with Crippen molar-refractivity contribution >= 4 is 17.7 Å². The fourth-order valence-electron chi connectivity index (χ4n) is 4.05. The Morgan fingerprint density at radius 1 is 1.02 bits per heavy atom. The zero-order chi connectivity index (χ0) is 28.8. The van der Waals surface area contributed by atoms with Gasteiger partial charge in [-0.3, -0.25) is 14.3 Å². The number of nitrogens with one attached hydrogen (secondary N) is 1. The first-order chi connectivity index (χ1) is 19.8. The maximum atomic E-state index is 14.4. The molecule has 10 nitrogen and oxygen atoms in total. The van der Waals surface area contributed by atoms with Crippen molar-refractivity contribution in [2.75, 3.05) is 5.32 Å². The van der Waals surface area contributed by atoms with E-state index >= 15 is 0 Å². The van der Waals surface area contributed by atoms with Crippen molar-refractivity contribution in [1.82, 2.24) is 24.9 Å². The highest BCUT2D eigenvalue weighted by molar-refractivity contribution is 5.96. The number of amides is 1. The van der Waals surface area contributed by atoms with E-state index in [-0.39, 0.29) is 37.0 Å². The van der Waals surface area contributed by atoms with E-state index in [1.807, 2.05) is 30.3 Å². The number of nitrogens with zero attached hydrogens (tertiary/aromatic N) is 5. The van der Waals surface area contributed by atoms with Crippen LogP contribution < -0.4 is 5.32 Å². The van der Waals surface area contributed by atoms with Crippen LogP contribution in [0.3, 0.4) is 0 Å². The normalized spacial score (nSPS) is 11.3. The van der Waals surface area contributed by atoms with Crippen LogP contribution in [-0.2, 0) is 27.5 Å². The van der Waals surface area contributed by atoms with Crippen molar-refractivity contribution in [2.45, 2.75) is 33.4 Å².